The Labute approximate surface area is 182 Å². The van der Waals surface area contributed by atoms with E-state index in [0.29, 0.717) is 29.5 Å². The predicted molar refractivity (Wildman–Crippen MR) is 119 cm³/mol. The minimum absolute atomic E-state index is 0.0480. The van der Waals surface area contributed by atoms with Gasteiger partial charge in [-0.1, -0.05) is 29.8 Å². The van der Waals surface area contributed by atoms with E-state index in [2.05, 4.69) is 10.3 Å². The summed E-state index contributed by atoms with van der Waals surface area (Å²) in [6.45, 7) is 5.82. The molecule has 2 amide bonds. The second-order valence-electron chi connectivity index (χ2n) is 7.62. The fourth-order valence-electron chi connectivity index (χ4n) is 2.87. The summed E-state index contributed by atoms with van der Waals surface area (Å²) >= 11 is 0. The molecule has 0 saturated heterocycles. The molecule has 0 saturated carbocycles. The normalized spacial score (nSPS) is 10.7. The second kappa shape index (κ2) is 9.93. The lowest BCUT2D eigenvalue weighted by Gasteiger charge is -2.20. The van der Waals surface area contributed by atoms with E-state index in [9.17, 15) is 9.59 Å². The number of urea groups is 1. The van der Waals surface area contributed by atoms with E-state index in [1.165, 1.54) is 10.5 Å². The summed E-state index contributed by atoms with van der Waals surface area (Å²) in [6, 6.07) is 14.6. The number of ether oxygens (including phenoxy) is 1. The van der Waals surface area contributed by atoms with Crippen molar-refractivity contribution in [3.05, 3.63) is 66.2 Å². The maximum atomic E-state index is 12.2. The van der Waals surface area contributed by atoms with Crippen LogP contribution in [0.1, 0.15) is 31.7 Å². The van der Waals surface area contributed by atoms with Crippen molar-refractivity contribution in [1.29, 1.82) is 0 Å². The van der Waals surface area contributed by atoms with Crippen LogP contribution in [0.4, 0.5) is 10.5 Å². The highest BCUT2D eigenvalue weighted by molar-refractivity contribution is 5.91. The van der Waals surface area contributed by atoms with Gasteiger partial charge in [-0.25, -0.2) is 9.78 Å². The smallest absolute Gasteiger partial charge is 0.321 e. The molecule has 0 fully saturated rings. The van der Waals surface area contributed by atoms with Gasteiger partial charge in [0, 0.05) is 30.8 Å². The quantitative estimate of drug-likeness (QED) is 0.440. The number of aryl methyl sites for hydroxylation is 2. The first-order valence-corrected chi connectivity index (χ1v) is 10.2. The topological polar surface area (TPSA) is 84.7 Å². The highest BCUT2D eigenvalue weighted by Gasteiger charge is 2.13. The number of esters is 1. The van der Waals surface area contributed by atoms with Gasteiger partial charge in [-0.3, -0.25) is 9.69 Å². The average molecular weight is 421 g/mol. The van der Waals surface area contributed by atoms with Crippen molar-refractivity contribution >= 4 is 17.7 Å². The summed E-state index contributed by atoms with van der Waals surface area (Å²) in [5, 5.41) is 2.82. The zero-order valence-electron chi connectivity index (χ0n) is 18.2. The molecule has 0 unspecified atom stereocenters. The van der Waals surface area contributed by atoms with Crippen molar-refractivity contribution in [1.82, 2.24) is 10.3 Å². The number of aromatic nitrogens is 1. The van der Waals surface area contributed by atoms with E-state index < -0.39 is 0 Å². The van der Waals surface area contributed by atoms with E-state index in [4.69, 9.17) is 9.15 Å². The molecule has 0 spiro atoms. The number of carbonyl (C=O) groups excluding carboxylic acids is 2. The molecule has 7 nitrogen and oxygen atoms in total. The zero-order chi connectivity index (χ0) is 22.4. The van der Waals surface area contributed by atoms with Gasteiger partial charge < -0.3 is 14.5 Å². The molecule has 0 bridgehead atoms. The Morgan fingerprint density at radius 3 is 2.42 bits per heavy atom. The van der Waals surface area contributed by atoms with Crippen LogP contribution < -0.4 is 15.0 Å². The number of carbonyl (C=O) groups is 2. The van der Waals surface area contributed by atoms with Gasteiger partial charge in [0.05, 0.1) is 12.6 Å². The van der Waals surface area contributed by atoms with E-state index >= 15 is 0 Å². The third-order valence-electron chi connectivity index (χ3n) is 4.61. The summed E-state index contributed by atoms with van der Waals surface area (Å²) in [5.74, 6) is 1.19. The lowest BCUT2D eigenvalue weighted by Crippen LogP contribution is -2.40. The van der Waals surface area contributed by atoms with Crippen LogP contribution in [-0.2, 0) is 11.2 Å². The number of benzene rings is 2. The molecule has 1 N–H and O–H groups in total. The summed E-state index contributed by atoms with van der Waals surface area (Å²) < 4.78 is 11.1. The third kappa shape index (κ3) is 6.18. The fourth-order valence-corrected chi connectivity index (χ4v) is 2.87. The molecule has 0 atom stereocenters. The van der Waals surface area contributed by atoms with Crippen molar-refractivity contribution in [2.75, 3.05) is 11.9 Å². The minimum Gasteiger partial charge on any atom is -0.441 e. The van der Waals surface area contributed by atoms with Crippen LogP contribution in [0.2, 0.25) is 0 Å². The number of hydrogen-bond acceptors (Lipinski definition) is 5. The minimum atomic E-state index is -0.381. The maximum absolute atomic E-state index is 12.2. The molecule has 0 aliphatic carbocycles. The molecular formula is C24H27N3O4. The highest BCUT2D eigenvalue weighted by atomic mass is 16.5. The van der Waals surface area contributed by atoms with Crippen molar-refractivity contribution < 1.29 is 18.7 Å². The molecule has 0 aliphatic rings. The Balaban J connectivity index is 1.51. The van der Waals surface area contributed by atoms with Crippen molar-refractivity contribution in [2.24, 2.45) is 0 Å². The Morgan fingerprint density at radius 2 is 1.77 bits per heavy atom. The molecule has 1 heterocycles. The van der Waals surface area contributed by atoms with Gasteiger partial charge in [-0.05, 0) is 45.0 Å². The van der Waals surface area contributed by atoms with Crippen LogP contribution in [0.25, 0.3) is 11.3 Å². The Kier molecular flexibility index (Phi) is 7.07. The number of rotatable bonds is 7. The molecule has 1 aromatic heterocycles. The van der Waals surface area contributed by atoms with Crippen molar-refractivity contribution in [2.45, 2.75) is 39.7 Å². The predicted octanol–water partition coefficient (Wildman–Crippen LogP) is 4.74. The van der Waals surface area contributed by atoms with E-state index in [1.54, 1.807) is 37.5 Å². The van der Waals surface area contributed by atoms with Crippen LogP contribution in [-0.4, -0.2) is 30.1 Å². The average Bonchev–Trinajstić information content (AvgIpc) is 3.21. The number of amides is 2. The molecule has 2 aromatic carbocycles. The van der Waals surface area contributed by atoms with Crippen molar-refractivity contribution in [3.8, 4) is 17.1 Å². The first-order chi connectivity index (χ1) is 14.8. The molecule has 3 rings (SSSR count). The van der Waals surface area contributed by atoms with Crippen LogP contribution in [0, 0.1) is 6.92 Å². The first-order valence-electron chi connectivity index (χ1n) is 10.2. The summed E-state index contributed by atoms with van der Waals surface area (Å²) in [4.78, 5) is 30.0. The lowest BCUT2D eigenvalue weighted by molar-refractivity contribution is -0.134. The molecule has 7 heteroatoms. The molecule has 31 heavy (non-hydrogen) atoms. The number of oxazole rings is 1. The Morgan fingerprint density at radius 1 is 1.10 bits per heavy atom. The van der Waals surface area contributed by atoms with E-state index in [1.807, 2.05) is 45.0 Å². The van der Waals surface area contributed by atoms with Crippen LogP contribution in [0.3, 0.4) is 0 Å². The Hall–Kier alpha value is -3.61. The Bertz CT molecular complexity index is 1020. The SMILES string of the molecule is Cc1ccc(-c2cnc(CCC(=O)Oc3ccc(N(C)C(=O)NC(C)C)cc3)o2)cc1. The molecule has 162 valence electrons. The van der Waals surface area contributed by atoms with E-state index in [0.717, 1.165) is 5.56 Å². The number of hydrogen-bond donors (Lipinski definition) is 1. The summed E-state index contributed by atoms with van der Waals surface area (Å²) in [5.41, 5.74) is 2.81. The third-order valence-corrected chi connectivity index (χ3v) is 4.61. The van der Waals surface area contributed by atoms with Gasteiger partial charge in [-0.15, -0.1) is 0 Å². The standard InChI is InChI=1S/C24H27N3O4/c1-16(2)26-24(29)27(4)19-9-11-20(12-10-19)30-23(28)14-13-22-25-15-21(31-22)18-7-5-17(3)6-8-18/h5-12,15-16H,13-14H2,1-4H3,(H,26,29). The van der Waals surface area contributed by atoms with E-state index in [-0.39, 0.29) is 24.5 Å². The van der Waals surface area contributed by atoms with Gasteiger partial charge >= 0.3 is 12.0 Å². The number of nitrogens with zero attached hydrogens (tertiary/aromatic N) is 2. The van der Waals surface area contributed by atoms with Gasteiger partial charge in [0.2, 0.25) is 0 Å². The monoisotopic (exact) mass is 421 g/mol. The van der Waals surface area contributed by atoms with Gasteiger partial charge in [0.25, 0.3) is 0 Å². The van der Waals surface area contributed by atoms with Crippen LogP contribution >= 0.6 is 0 Å². The second-order valence-corrected chi connectivity index (χ2v) is 7.62. The molecule has 3 aromatic rings. The first kappa shape index (κ1) is 22.1. The largest absolute Gasteiger partial charge is 0.441 e. The number of nitrogens with one attached hydrogen (secondary N) is 1. The van der Waals surface area contributed by atoms with Crippen LogP contribution in [0.5, 0.6) is 5.75 Å². The fraction of sp³-hybridized carbons (Fsp3) is 0.292. The maximum Gasteiger partial charge on any atom is 0.321 e. The summed E-state index contributed by atoms with van der Waals surface area (Å²) in [7, 11) is 1.68. The molecular weight excluding hydrogens is 394 g/mol. The summed E-state index contributed by atoms with van der Waals surface area (Å²) in [6.07, 6.45) is 2.16. The lowest BCUT2D eigenvalue weighted by atomic mass is 10.1. The molecule has 0 aliphatic heterocycles. The number of anilines is 1. The van der Waals surface area contributed by atoms with Crippen LogP contribution in [0.15, 0.2) is 59.1 Å². The van der Waals surface area contributed by atoms with Gasteiger partial charge in [-0.2, -0.15) is 0 Å². The highest BCUT2D eigenvalue weighted by Crippen LogP contribution is 2.22. The van der Waals surface area contributed by atoms with Gasteiger partial charge in [0.15, 0.2) is 11.7 Å². The zero-order valence-corrected chi connectivity index (χ0v) is 18.2. The van der Waals surface area contributed by atoms with Gasteiger partial charge in [0.1, 0.15) is 5.75 Å². The molecule has 0 radical (unpaired) electrons. The van der Waals surface area contributed by atoms with Crippen molar-refractivity contribution in [3.63, 3.8) is 0 Å².